The fourth-order valence-electron chi connectivity index (χ4n) is 6.05. The van der Waals surface area contributed by atoms with Gasteiger partial charge in [0.05, 0.1) is 12.4 Å². The molecular weight excluding hydrogens is 500 g/mol. The Balaban J connectivity index is 0.00000103. The monoisotopic (exact) mass is 536 g/mol. The molecule has 0 saturated carbocycles. The van der Waals surface area contributed by atoms with Crippen molar-refractivity contribution >= 4 is 29.1 Å². The molecule has 2 heterocycles. The molecule has 2 aromatic rings. The molecule has 2 aliphatic carbocycles. The standard InChI is InChI=1S/C33H36N2O2.CO2/c1-32(2,3)21-8-11-24(31(36)37)27(18-21)30-25-12-9-22(34-14-6-15-34)19-28(25)33(4,5)29-20-23(10-13-26(29)30)35-16-7-17-35;2-1-3/h8-13,18-20H,6-7,14-17H2,1-5H3;. The Morgan fingerprint density at radius 2 is 1.68 bits per heavy atom. The number of nitrogens with zero attached hydrogens (tertiary/aromatic N) is 2. The van der Waals surface area contributed by atoms with Gasteiger partial charge in [0.1, 0.15) is 13.1 Å². The van der Waals surface area contributed by atoms with Gasteiger partial charge in [0, 0.05) is 41.9 Å². The van der Waals surface area contributed by atoms with Gasteiger partial charge in [0.25, 0.3) is 0 Å². The smallest absolute Gasteiger partial charge is 0.373 e. The molecule has 206 valence electrons. The van der Waals surface area contributed by atoms with Gasteiger partial charge in [-0.2, -0.15) is 9.59 Å². The lowest BCUT2D eigenvalue weighted by Crippen LogP contribution is -2.38. The predicted molar refractivity (Wildman–Crippen MR) is 154 cm³/mol. The van der Waals surface area contributed by atoms with Crippen LogP contribution in [0.3, 0.4) is 0 Å². The number of hydrogen-bond acceptors (Lipinski definition) is 5. The minimum absolute atomic E-state index is 0.109. The van der Waals surface area contributed by atoms with Crippen molar-refractivity contribution in [3.8, 4) is 0 Å². The van der Waals surface area contributed by atoms with Crippen LogP contribution in [0.1, 0.15) is 80.1 Å². The molecule has 6 rings (SSSR count). The van der Waals surface area contributed by atoms with Crippen LogP contribution in [0.5, 0.6) is 0 Å². The van der Waals surface area contributed by atoms with Crippen LogP contribution < -0.4 is 10.0 Å². The Bertz CT molecular complexity index is 1550. The van der Waals surface area contributed by atoms with Crippen LogP contribution in [0.4, 0.5) is 5.69 Å². The summed E-state index contributed by atoms with van der Waals surface area (Å²) in [5.74, 6) is -1.13. The first-order chi connectivity index (χ1) is 19.0. The summed E-state index contributed by atoms with van der Waals surface area (Å²) in [7, 11) is 0. The van der Waals surface area contributed by atoms with E-state index < -0.39 is 5.97 Å². The molecule has 6 heteroatoms. The molecule has 0 radical (unpaired) electrons. The molecular formula is C34H36N2O4. The number of carbonyl (C=O) groups is 1. The van der Waals surface area contributed by atoms with E-state index in [-0.39, 0.29) is 22.5 Å². The molecule has 2 aromatic carbocycles. The van der Waals surface area contributed by atoms with Gasteiger partial charge in [0.15, 0.2) is 5.71 Å². The Labute approximate surface area is 236 Å². The summed E-state index contributed by atoms with van der Waals surface area (Å²) in [6, 6.07) is 12.5. The SMILES string of the molecule is CC(C)(C)c1ccc(C(=O)[O-])c(C2=C3C=CC(=[N+]4CCC4)C=C3C(C)(C)c3cc(N4CCC4)ccc32)c1.O=C=O. The first kappa shape index (κ1) is 27.5. The van der Waals surface area contributed by atoms with E-state index in [2.05, 4.69) is 86.6 Å². The van der Waals surface area contributed by atoms with E-state index in [0.717, 1.165) is 54.0 Å². The molecule has 2 fully saturated rings. The topological polar surface area (TPSA) is 80.5 Å². The number of aromatic carboxylic acids is 1. The van der Waals surface area contributed by atoms with Crippen LogP contribution in [-0.2, 0) is 20.4 Å². The van der Waals surface area contributed by atoms with Gasteiger partial charge >= 0.3 is 6.15 Å². The third kappa shape index (κ3) is 4.67. The molecule has 0 unspecified atom stereocenters. The molecule has 0 bridgehead atoms. The first-order valence-corrected chi connectivity index (χ1v) is 14.0. The van der Waals surface area contributed by atoms with E-state index >= 15 is 0 Å². The number of allylic oxidation sites excluding steroid dienone is 5. The van der Waals surface area contributed by atoms with Crippen LogP contribution >= 0.6 is 0 Å². The van der Waals surface area contributed by atoms with Crippen molar-refractivity contribution in [2.45, 2.75) is 58.3 Å². The molecule has 6 nitrogen and oxygen atoms in total. The fraction of sp³-hybridized carbons (Fsp3) is 0.382. The molecule has 0 amide bonds. The summed E-state index contributed by atoms with van der Waals surface area (Å²) in [5, 5.41) is 12.4. The third-order valence-corrected chi connectivity index (χ3v) is 8.71. The minimum atomic E-state index is -1.13. The van der Waals surface area contributed by atoms with Crippen molar-refractivity contribution in [3.63, 3.8) is 0 Å². The second kappa shape index (κ2) is 10.2. The summed E-state index contributed by atoms with van der Waals surface area (Å²) >= 11 is 0. The Morgan fingerprint density at radius 1 is 0.975 bits per heavy atom. The number of anilines is 1. The van der Waals surface area contributed by atoms with E-state index in [1.165, 1.54) is 35.4 Å². The molecule has 0 atom stereocenters. The minimum Gasteiger partial charge on any atom is -0.545 e. The van der Waals surface area contributed by atoms with Crippen molar-refractivity contribution < 1.29 is 24.1 Å². The van der Waals surface area contributed by atoms with E-state index in [1.807, 2.05) is 6.07 Å². The number of fused-ring (bicyclic) bond motifs is 2. The largest absolute Gasteiger partial charge is 0.545 e. The molecule has 4 aliphatic rings. The van der Waals surface area contributed by atoms with Crippen molar-refractivity contribution in [3.05, 3.63) is 93.6 Å². The van der Waals surface area contributed by atoms with Crippen LogP contribution in [0.25, 0.3) is 5.57 Å². The Hall–Kier alpha value is -4.02. The van der Waals surface area contributed by atoms with Gasteiger partial charge in [-0.25, -0.2) is 4.58 Å². The summed E-state index contributed by atoms with van der Waals surface area (Å²) in [4.78, 5) is 31.1. The van der Waals surface area contributed by atoms with Crippen LogP contribution in [0.2, 0.25) is 0 Å². The van der Waals surface area contributed by atoms with Crippen LogP contribution in [0.15, 0.2) is 65.8 Å². The zero-order valence-corrected chi connectivity index (χ0v) is 24.0. The maximum Gasteiger partial charge on any atom is 0.373 e. The highest BCUT2D eigenvalue weighted by Crippen LogP contribution is 2.51. The molecule has 2 saturated heterocycles. The van der Waals surface area contributed by atoms with E-state index in [4.69, 9.17) is 9.59 Å². The van der Waals surface area contributed by atoms with Crippen LogP contribution in [-0.4, -0.2) is 48.6 Å². The van der Waals surface area contributed by atoms with E-state index in [1.54, 1.807) is 6.07 Å². The normalized spacial score (nSPS) is 18.8. The first-order valence-electron chi connectivity index (χ1n) is 14.0. The Morgan fingerprint density at radius 3 is 2.23 bits per heavy atom. The second-order valence-corrected chi connectivity index (χ2v) is 12.5. The van der Waals surface area contributed by atoms with Gasteiger partial charge in [-0.3, -0.25) is 0 Å². The molecule has 0 aromatic heterocycles. The maximum absolute atomic E-state index is 12.4. The lowest BCUT2D eigenvalue weighted by Gasteiger charge is -2.41. The number of benzene rings is 2. The lowest BCUT2D eigenvalue weighted by molar-refractivity contribution is -0.582. The van der Waals surface area contributed by atoms with Gasteiger partial charge in [-0.15, -0.1) is 0 Å². The van der Waals surface area contributed by atoms with E-state index in [0.29, 0.717) is 0 Å². The number of carbonyl (C=O) groups excluding carboxylic acids is 3. The van der Waals surface area contributed by atoms with Gasteiger partial charge < -0.3 is 14.8 Å². The van der Waals surface area contributed by atoms with E-state index in [9.17, 15) is 9.90 Å². The molecule has 2 aliphatic heterocycles. The van der Waals surface area contributed by atoms with Gasteiger partial charge in [0.2, 0.25) is 0 Å². The molecule has 0 N–H and O–H groups in total. The highest BCUT2D eigenvalue weighted by Gasteiger charge is 2.40. The number of rotatable bonds is 3. The number of carboxylic acids is 1. The lowest BCUT2D eigenvalue weighted by atomic mass is 9.63. The number of carboxylic acid groups (broad SMARTS) is 1. The zero-order chi connectivity index (χ0) is 28.8. The van der Waals surface area contributed by atoms with Crippen molar-refractivity contribution in [2.24, 2.45) is 0 Å². The zero-order valence-electron chi connectivity index (χ0n) is 24.0. The third-order valence-electron chi connectivity index (χ3n) is 8.71. The van der Waals surface area contributed by atoms with Gasteiger partial charge in [-0.05, 0) is 75.1 Å². The average Bonchev–Trinajstić information content (AvgIpc) is 2.82. The highest BCUT2D eigenvalue weighted by molar-refractivity contribution is 6.08. The summed E-state index contributed by atoms with van der Waals surface area (Å²) in [6.07, 6.45) is 9.48. The highest BCUT2D eigenvalue weighted by atomic mass is 16.4. The quantitative estimate of drug-likeness (QED) is 0.543. The maximum atomic E-state index is 12.4. The van der Waals surface area contributed by atoms with Crippen LogP contribution in [0, 0.1) is 0 Å². The van der Waals surface area contributed by atoms with Gasteiger partial charge in [-0.1, -0.05) is 52.8 Å². The van der Waals surface area contributed by atoms with Crippen molar-refractivity contribution in [1.29, 1.82) is 0 Å². The summed E-state index contributed by atoms with van der Waals surface area (Å²) < 4.78 is 2.43. The predicted octanol–water partition coefficient (Wildman–Crippen LogP) is 4.42. The van der Waals surface area contributed by atoms with Crippen molar-refractivity contribution in [2.75, 3.05) is 31.1 Å². The fourth-order valence-corrected chi connectivity index (χ4v) is 6.05. The second-order valence-electron chi connectivity index (χ2n) is 12.5. The molecule has 0 spiro atoms. The molecule has 40 heavy (non-hydrogen) atoms. The average molecular weight is 537 g/mol. The van der Waals surface area contributed by atoms with Crippen molar-refractivity contribution in [1.82, 2.24) is 0 Å². The number of hydrogen-bond donors (Lipinski definition) is 0. The Kier molecular flexibility index (Phi) is 7.01. The summed E-state index contributed by atoms with van der Waals surface area (Å²) in [5.41, 5.74) is 10.0. The summed E-state index contributed by atoms with van der Waals surface area (Å²) in [6.45, 7) is 15.5.